The Morgan fingerprint density at radius 3 is 2.43 bits per heavy atom. The third kappa shape index (κ3) is 3.98. The van der Waals surface area contributed by atoms with Gasteiger partial charge in [-0.3, -0.25) is 14.5 Å². The maximum Gasteiger partial charge on any atom is 0.264 e. The predicted molar refractivity (Wildman–Crippen MR) is 112 cm³/mol. The van der Waals surface area contributed by atoms with Crippen LogP contribution < -0.4 is 0 Å². The van der Waals surface area contributed by atoms with E-state index >= 15 is 0 Å². The first-order chi connectivity index (χ1) is 13.7. The minimum Gasteiger partial charge on any atom is -0.335 e. The summed E-state index contributed by atoms with van der Waals surface area (Å²) >= 11 is 1.61. The standard InChI is InChI=1S/C22H27N3O2S/c1-2-9-23-11-13-24(14-12-23)22(27)20-15-18-16-25(10-8-19(18)28-20)21(26)17-6-4-3-5-7-17/h3-7,15H,2,8-14,16H2,1H3. The van der Waals surface area contributed by atoms with Crippen molar-refractivity contribution in [2.45, 2.75) is 26.3 Å². The van der Waals surface area contributed by atoms with E-state index in [1.54, 1.807) is 11.3 Å². The number of carbonyl (C=O) groups excluding carboxylic acids is 2. The number of hydrogen-bond donors (Lipinski definition) is 0. The molecule has 2 aliphatic rings. The molecule has 2 amide bonds. The Kier molecular flexibility index (Phi) is 5.78. The fraction of sp³-hybridized carbons (Fsp3) is 0.455. The molecule has 1 aromatic carbocycles. The van der Waals surface area contributed by atoms with Gasteiger partial charge in [-0.2, -0.15) is 0 Å². The average molecular weight is 398 g/mol. The molecule has 0 unspecified atom stereocenters. The first-order valence-corrected chi connectivity index (χ1v) is 10.9. The Hall–Kier alpha value is -2.18. The van der Waals surface area contributed by atoms with E-state index in [0.717, 1.165) is 61.6 Å². The van der Waals surface area contributed by atoms with Gasteiger partial charge in [-0.05, 0) is 43.1 Å². The zero-order valence-corrected chi connectivity index (χ0v) is 17.2. The van der Waals surface area contributed by atoms with Crippen LogP contribution in [0.5, 0.6) is 0 Å². The Morgan fingerprint density at radius 1 is 0.964 bits per heavy atom. The lowest BCUT2D eigenvalue weighted by atomic mass is 10.1. The number of benzene rings is 1. The van der Waals surface area contributed by atoms with Crippen molar-refractivity contribution in [3.8, 4) is 0 Å². The van der Waals surface area contributed by atoms with Gasteiger partial charge in [0.2, 0.25) is 0 Å². The number of carbonyl (C=O) groups is 2. The highest BCUT2D eigenvalue weighted by Crippen LogP contribution is 2.30. The molecule has 0 radical (unpaired) electrons. The summed E-state index contributed by atoms with van der Waals surface area (Å²) in [5.41, 5.74) is 1.86. The Balaban J connectivity index is 1.41. The highest BCUT2D eigenvalue weighted by Gasteiger charge is 2.27. The van der Waals surface area contributed by atoms with Crippen LogP contribution in [0.2, 0.25) is 0 Å². The van der Waals surface area contributed by atoms with Gasteiger partial charge in [-0.25, -0.2) is 0 Å². The summed E-state index contributed by atoms with van der Waals surface area (Å²) in [4.78, 5) is 34.1. The first-order valence-electron chi connectivity index (χ1n) is 10.1. The van der Waals surface area contributed by atoms with Gasteiger partial charge < -0.3 is 9.80 Å². The third-order valence-corrected chi connectivity index (χ3v) is 6.81. The quantitative estimate of drug-likeness (QED) is 0.796. The summed E-state index contributed by atoms with van der Waals surface area (Å²) in [7, 11) is 0. The van der Waals surface area contributed by atoms with E-state index < -0.39 is 0 Å². The number of fused-ring (bicyclic) bond motifs is 1. The first kappa shape index (κ1) is 19.2. The molecule has 1 saturated heterocycles. The highest BCUT2D eigenvalue weighted by molar-refractivity contribution is 7.14. The summed E-state index contributed by atoms with van der Waals surface area (Å²) < 4.78 is 0. The van der Waals surface area contributed by atoms with Crippen molar-refractivity contribution in [2.75, 3.05) is 39.3 Å². The lowest BCUT2D eigenvalue weighted by Gasteiger charge is -2.34. The number of hydrogen-bond acceptors (Lipinski definition) is 4. The molecule has 0 spiro atoms. The van der Waals surface area contributed by atoms with Crippen molar-refractivity contribution < 1.29 is 9.59 Å². The molecule has 0 N–H and O–H groups in total. The molecule has 5 nitrogen and oxygen atoms in total. The number of thiophene rings is 1. The second-order valence-corrected chi connectivity index (χ2v) is 8.67. The number of rotatable bonds is 4. The Bertz CT molecular complexity index is 841. The Morgan fingerprint density at radius 2 is 1.71 bits per heavy atom. The van der Waals surface area contributed by atoms with Crippen molar-refractivity contribution in [1.82, 2.24) is 14.7 Å². The molecule has 28 heavy (non-hydrogen) atoms. The molecule has 2 aromatic rings. The Labute approximate surface area is 170 Å². The van der Waals surface area contributed by atoms with Crippen LogP contribution in [0.25, 0.3) is 0 Å². The average Bonchev–Trinajstić information content (AvgIpc) is 3.17. The minimum atomic E-state index is 0.0670. The van der Waals surface area contributed by atoms with Gasteiger partial charge in [0.1, 0.15) is 0 Å². The lowest BCUT2D eigenvalue weighted by Crippen LogP contribution is -2.48. The lowest BCUT2D eigenvalue weighted by molar-refractivity contribution is 0.0642. The molecule has 0 saturated carbocycles. The van der Waals surface area contributed by atoms with Gasteiger partial charge in [0.15, 0.2) is 0 Å². The van der Waals surface area contributed by atoms with E-state index in [2.05, 4.69) is 11.8 Å². The molecular formula is C22H27N3O2S. The normalized spacial score (nSPS) is 17.5. The highest BCUT2D eigenvalue weighted by atomic mass is 32.1. The predicted octanol–water partition coefficient (Wildman–Crippen LogP) is 3.11. The summed E-state index contributed by atoms with van der Waals surface area (Å²) in [6.45, 7) is 8.15. The SMILES string of the molecule is CCCN1CCN(C(=O)c2cc3c(s2)CCN(C(=O)c2ccccc2)C3)CC1. The zero-order valence-electron chi connectivity index (χ0n) is 16.4. The van der Waals surface area contributed by atoms with Gasteiger partial charge in [-0.1, -0.05) is 25.1 Å². The third-order valence-electron chi connectivity index (χ3n) is 5.58. The molecule has 0 aliphatic carbocycles. The topological polar surface area (TPSA) is 43.9 Å². The second kappa shape index (κ2) is 8.45. The van der Waals surface area contributed by atoms with Crippen LogP contribution in [0.4, 0.5) is 0 Å². The monoisotopic (exact) mass is 397 g/mol. The van der Waals surface area contributed by atoms with E-state index in [9.17, 15) is 9.59 Å². The number of amides is 2. The summed E-state index contributed by atoms with van der Waals surface area (Å²) in [6, 6.07) is 11.4. The van der Waals surface area contributed by atoms with Crippen LogP contribution in [-0.2, 0) is 13.0 Å². The molecule has 0 atom stereocenters. The fourth-order valence-corrected chi connectivity index (χ4v) is 5.15. The fourth-order valence-electron chi connectivity index (χ4n) is 4.02. The van der Waals surface area contributed by atoms with Gasteiger partial charge in [0.05, 0.1) is 4.88 Å². The van der Waals surface area contributed by atoms with E-state index in [1.807, 2.05) is 46.2 Å². The minimum absolute atomic E-state index is 0.0670. The zero-order chi connectivity index (χ0) is 19.5. The van der Waals surface area contributed by atoms with Crippen molar-refractivity contribution in [2.24, 2.45) is 0 Å². The molecule has 6 heteroatoms. The molecule has 148 valence electrons. The van der Waals surface area contributed by atoms with E-state index in [-0.39, 0.29) is 11.8 Å². The molecular weight excluding hydrogens is 370 g/mol. The summed E-state index contributed by atoms with van der Waals surface area (Å²) in [5, 5.41) is 0. The van der Waals surface area contributed by atoms with Crippen LogP contribution in [-0.4, -0.2) is 65.8 Å². The molecule has 0 bridgehead atoms. The molecule has 1 aromatic heterocycles. The van der Waals surface area contributed by atoms with Crippen molar-refractivity contribution in [3.05, 3.63) is 57.3 Å². The van der Waals surface area contributed by atoms with Crippen LogP contribution in [0.3, 0.4) is 0 Å². The maximum atomic E-state index is 13.0. The molecule has 1 fully saturated rings. The second-order valence-electron chi connectivity index (χ2n) is 7.54. The van der Waals surface area contributed by atoms with Crippen molar-refractivity contribution >= 4 is 23.2 Å². The van der Waals surface area contributed by atoms with Crippen molar-refractivity contribution in [3.63, 3.8) is 0 Å². The van der Waals surface area contributed by atoms with E-state index in [4.69, 9.17) is 0 Å². The maximum absolute atomic E-state index is 13.0. The van der Waals surface area contributed by atoms with Gasteiger partial charge in [-0.15, -0.1) is 11.3 Å². The number of piperazine rings is 1. The van der Waals surface area contributed by atoms with E-state index in [1.165, 1.54) is 4.88 Å². The van der Waals surface area contributed by atoms with Gasteiger partial charge >= 0.3 is 0 Å². The van der Waals surface area contributed by atoms with Gasteiger partial charge in [0, 0.05) is 49.7 Å². The summed E-state index contributed by atoms with van der Waals surface area (Å²) in [6.07, 6.45) is 1.99. The largest absolute Gasteiger partial charge is 0.335 e. The van der Waals surface area contributed by atoms with Gasteiger partial charge in [0.25, 0.3) is 11.8 Å². The van der Waals surface area contributed by atoms with Crippen LogP contribution in [0.1, 0.15) is 43.8 Å². The number of nitrogens with zero attached hydrogens (tertiary/aromatic N) is 3. The van der Waals surface area contributed by atoms with Crippen molar-refractivity contribution in [1.29, 1.82) is 0 Å². The molecule has 2 aliphatic heterocycles. The van der Waals surface area contributed by atoms with Crippen LogP contribution >= 0.6 is 11.3 Å². The van der Waals surface area contributed by atoms with Crippen LogP contribution in [0.15, 0.2) is 36.4 Å². The molecule has 4 rings (SSSR count). The molecule has 3 heterocycles. The van der Waals surface area contributed by atoms with Crippen LogP contribution in [0, 0.1) is 0 Å². The smallest absolute Gasteiger partial charge is 0.264 e. The summed E-state index contributed by atoms with van der Waals surface area (Å²) in [5.74, 6) is 0.217. The van der Waals surface area contributed by atoms with E-state index in [0.29, 0.717) is 13.1 Å².